The van der Waals surface area contributed by atoms with Crippen molar-refractivity contribution in [3.05, 3.63) is 127 Å². The van der Waals surface area contributed by atoms with Gasteiger partial charge in [0.15, 0.2) is 0 Å². The maximum Gasteiger partial charge on any atom is 0.200 e. The fraction of sp³-hybridized carbons (Fsp3) is 0.0741. The Labute approximate surface area is 216 Å². The molecule has 0 amide bonds. The zero-order valence-corrected chi connectivity index (χ0v) is 19.9. The van der Waals surface area contributed by atoms with Gasteiger partial charge in [0, 0.05) is 47.6 Å². The van der Waals surface area contributed by atoms with Gasteiger partial charge in [-0.05, 0) is 36.4 Å². The van der Waals surface area contributed by atoms with Crippen LogP contribution in [0.15, 0.2) is 108 Å². The summed E-state index contributed by atoms with van der Waals surface area (Å²) in [7, 11) is 0. The van der Waals surface area contributed by atoms with E-state index in [2.05, 4.69) is 40.5 Å². The molecule has 5 aromatic heterocycles. The third kappa shape index (κ3) is 3.56. The number of rotatable bonds is 6. The van der Waals surface area contributed by atoms with Gasteiger partial charge in [-0.2, -0.15) is 20.5 Å². The molecule has 11 heteroatoms. The van der Waals surface area contributed by atoms with Gasteiger partial charge in [0.2, 0.25) is 5.88 Å². The molecule has 0 bridgehead atoms. The SMILES string of the molecule is C1=COC(C2=C(c3cnccn3)C(c3ccn[nH]3)=C(c3ccc[nH]3)N(c3ccco3)C2c2cn[nH]n2)C=C1. The smallest absolute Gasteiger partial charge is 0.200 e. The monoisotopic (exact) mass is 503 g/mol. The molecule has 5 aromatic rings. The van der Waals surface area contributed by atoms with Gasteiger partial charge >= 0.3 is 0 Å². The molecule has 7 heterocycles. The van der Waals surface area contributed by atoms with E-state index in [0.29, 0.717) is 17.3 Å². The Morgan fingerprint density at radius 3 is 2.61 bits per heavy atom. The number of hydrogen-bond donors (Lipinski definition) is 3. The van der Waals surface area contributed by atoms with E-state index in [-0.39, 0.29) is 0 Å². The molecule has 0 saturated carbocycles. The molecule has 0 aliphatic carbocycles. The van der Waals surface area contributed by atoms with Crippen LogP contribution >= 0.6 is 0 Å². The standard InChI is InChI=1S/C27H21N9O2/c1-2-13-37-21(6-1)25-23(19-15-28-11-12-30-19)24(17-8-10-31-33-17)26(18-5-3-9-29-18)36(22-7-4-14-38-22)27(25)20-16-32-35-34-20/h1-16,21,27,29H,(H,31,33)(H,32,34,35). The summed E-state index contributed by atoms with van der Waals surface area (Å²) in [6, 6.07) is 9.20. The number of ether oxygens (including phenoxy) is 1. The van der Waals surface area contributed by atoms with Crippen LogP contribution in [0, 0.1) is 0 Å². The molecule has 2 aliphatic rings. The fourth-order valence-electron chi connectivity index (χ4n) is 5.03. The molecule has 2 unspecified atom stereocenters. The first-order valence-electron chi connectivity index (χ1n) is 12.0. The van der Waals surface area contributed by atoms with Crippen molar-refractivity contribution in [3.8, 4) is 0 Å². The van der Waals surface area contributed by atoms with E-state index in [1.165, 1.54) is 0 Å². The zero-order valence-electron chi connectivity index (χ0n) is 19.9. The van der Waals surface area contributed by atoms with Gasteiger partial charge in [-0.15, -0.1) is 0 Å². The van der Waals surface area contributed by atoms with Crippen molar-refractivity contribution < 1.29 is 9.15 Å². The maximum atomic E-state index is 6.21. The van der Waals surface area contributed by atoms with Crippen molar-refractivity contribution in [2.24, 2.45) is 0 Å². The molecule has 0 spiro atoms. The molecule has 186 valence electrons. The number of hydrogen-bond acceptors (Lipinski definition) is 8. The summed E-state index contributed by atoms with van der Waals surface area (Å²) in [5.74, 6) is 0.616. The molecular formula is C27H21N9O2. The van der Waals surface area contributed by atoms with Gasteiger partial charge in [0.1, 0.15) is 17.8 Å². The summed E-state index contributed by atoms with van der Waals surface area (Å²) in [6.07, 6.45) is 19.1. The Balaban J connectivity index is 1.65. The van der Waals surface area contributed by atoms with E-state index in [1.54, 1.807) is 43.5 Å². The molecule has 0 fully saturated rings. The quantitative estimate of drug-likeness (QED) is 0.312. The van der Waals surface area contributed by atoms with E-state index >= 15 is 0 Å². The van der Waals surface area contributed by atoms with E-state index < -0.39 is 12.1 Å². The Morgan fingerprint density at radius 2 is 1.92 bits per heavy atom. The Hall–Kier alpha value is -5.45. The molecule has 7 rings (SSSR count). The van der Waals surface area contributed by atoms with E-state index in [0.717, 1.165) is 33.8 Å². The van der Waals surface area contributed by atoms with E-state index in [1.807, 2.05) is 54.8 Å². The van der Waals surface area contributed by atoms with E-state index in [9.17, 15) is 0 Å². The highest BCUT2D eigenvalue weighted by Gasteiger charge is 2.44. The van der Waals surface area contributed by atoms with Crippen molar-refractivity contribution in [2.75, 3.05) is 4.90 Å². The predicted molar refractivity (Wildman–Crippen MR) is 139 cm³/mol. The zero-order chi connectivity index (χ0) is 25.3. The number of nitrogens with zero attached hydrogens (tertiary/aromatic N) is 6. The molecule has 0 aromatic carbocycles. The van der Waals surface area contributed by atoms with Gasteiger partial charge < -0.3 is 14.1 Å². The van der Waals surface area contributed by atoms with Crippen LogP contribution in [0.4, 0.5) is 5.88 Å². The number of furan rings is 1. The lowest BCUT2D eigenvalue weighted by molar-refractivity contribution is 0.207. The Morgan fingerprint density at radius 1 is 0.921 bits per heavy atom. The van der Waals surface area contributed by atoms with Gasteiger partial charge in [-0.3, -0.25) is 20.0 Å². The lowest BCUT2D eigenvalue weighted by Crippen LogP contribution is -2.37. The van der Waals surface area contributed by atoms with Crippen molar-refractivity contribution in [1.82, 2.24) is 40.6 Å². The van der Waals surface area contributed by atoms with Crippen molar-refractivity contribution in [1.29, 1.82) is 0 Å². The highest BCUT2D eigenvalue weighted by atomic mass is 16.5. The molecule has 0 saturated heterocycles. The topological polar surface area (TPSA) is 137 Å². The highest BCUT2D eigenvalue weighted by Crippen LogP contribution is 2.53. The number of allylic oxidation sites excluding steroid dienone is 4. The average Bonchev–Trinajstić information content (AvgIpc) is 3.79. The molecule has 2 aliphatic heterocycles. The number of aromatic nitrogens is 8. The Bertz CT molecular complexity index is 1630. The van der Waals surface area contributed by atoms with Gasteiger partial charge in [0.05, 0.1) is 47.7 Å². The predicted octanol–water partition coefficient (Wildman–Crippen LogP) is 4.29. The van der Waals surface area contributed by atoms with Crippen LogP contribution in [0.25, 0.3) is 16.8 Å². The first-order chi connectivity index (χ1) is 18.9. The van der Waals surface area contributed by atoms with Crippen molar-refractivity contribution in [2.45, 2.75) is 12.1 Å². The van der Waals surface area contributed by atoms with Gasteiger partial charge in [0.25, 0.3) is 0 Å². The maximum absolute atomic E-state index is 6.21. The molecule has 0 radical (unpaired) electrons. The first kappa shape index (κ1) is 21.8. The van der Waals surface area contributed by atoms with Crippen LogP contribution in [0.3, 0.4) is 0 Å². The van der Waals surface area contributed by atoms with Crippen LogP contribution in [0.2, 0.25) is 0 Å². The summed E-state index contributed by atoms with van der Waals surface area (Å²) >= 11 is 0. The summed E-state index contributed by atoms with van der Waals surface area (Å²) in [4.78, 5) is 14.6. The fourth-order valence-corrected chi connectivity index (χ4v) is 5.03. The third-order valence-electron chi connectivity index (χ3n) is 6.48. The van der Waals surface area contributed by atoms with Crippen LogP contribution in [-0.4, -0.2) is 46.7 Å². The molecule has 11 nitrogen and oxygen atoms in total. The van der Waals surface area contributed by atoms with Crippen molar-refractivity contribution >= 4 is 22.7 Å². The second-order valence-electron chi connectivity index (χ2n) is 8.59. The van der Waals surface area contributed by atoms with Crippen LogP contribution in [0.5, 0.6) is 0 Å². The number of H-pyrrole nitrogens is 3. The third-order valence-corrected chi connectivity index (χ3v) is 6.48. The first-order valence-corrected chi connectivity index (χ1v) is 12.0. The van der Waals surface area contributed by atoms with Crippen LogP contribution in [-0.2, 0) is 4.74 Å². The minimum absolute atomic E-state index is 0.445. The molecular weight excluding hydrogens is 482 g/mol. The van der Waals surface area contributed by atoms with Crippen LogP contribution in [0.1, 0.15) is 28.8 Å². The second kappa shape index (κ2) is 9.21. The molecule has 3 N–H and O–H groups in total. The molecule has 2 atom stereocenters. The van der Waals surface area contributed by atoms with Crippen LogP contribution < -0.4 is 4.90 Å². The molecule has 38 heavy (non-hydrogen) atoms. The summed E-state index contributed by atoms with van der Waals surface area (Å²) in [5, 5.41) is 18.9. The number of nitrogens with one attached hydrogen (secondary N) is 3. The highest BCUT2D eigenvalue weighted by molar-refractivity contribution is 6.18. The minimum atomic E-state index is -0.483. The van der Waals surface area contributed by atoms with Gasteiger partial charge in [-0.1, -0.05) is 6.08 Å². The van der Waals surface area contributed by atoms with Gasteiger partial charge in [-0.25, -0.2) is 0 Å². The van der Waals surface area contributed by atoms with E-state index in [4.69, 9.17) is 14.1 Å². The van der Waals surface area contributed by atoms with Crippen molar-refractivity contribution in [3.63, 3.8) is 0 Å². The number of aromatic amines is 3. The Kier molecular flexibility index (Phi) is 5.28. The average molecular weight is 504 g/mol. The number of anilines is 1. The largest absolute Gasteiger partial charge is 0.489 e. The summed E-state index contributed by atoms with van der Waals surface area (Å²) in [6.45, 7) is 0. The normalized spacial score (nSPS) is 19.3. The minimum Gasteiger partial charge on any atom is -0.489 e. The lowest BCUT2D eigenvalue weighted by Gasteiger charge is -2.42. The second-order valence-corrected chi connectivity index (χ2v) is 8.59. The summed E-state index contributed by atoms with van der Waals surface area (Å²) in [5.41, 5.74) is 6.42. The summed E-state index contributed by atoms with van der Waals surface area (Å²) < 4.78 is 12.3. The lowest BCUT2D eigenvalue weighted by atomic mass is 9.80.